The number of hydrogen-bond acceptors (Lipinski definition) is 3. The predicted octanol–water partition coefficient (Wildman–Crippen LogP) is 2.31. The van der Waals surface area contributed by atoms with E-state index in [1.807, 2.05) is 51.1 Å². The minimum absolute atomic E-state index is 0.101. The maximum Gasteiger partial charge on any atom is 0.318 e. The molecule has 0 aliphatic carbocycles. The van der Waals surface area contributed by atoms with Gasteiger partial charge in [0.15, 0.2) is 0 Å². The first-order valence-electron chi connectivity index (χ1n) is 6.40. The van der Waals surface area contributed by atoms with E-state index >= 15 is 0 Å². The van der Waals surface area contributed by atoms with Gasteiger partial charge in [0.2, 0.25) is 5.91 Å². The Morgan fingerprint density at radius 2 is 1.68 bits per heavy atom. The molecule has 0 aromatic heterocycles. The minimum atomic E-state index is -0.767. The Kier molecular flexibility index (Phi) is 5.55. The van der Waals surface area contributed by atoms with E-state index in [-0.39, 0.29) is 17.9 Å². The van der Waals surface area contributed by atoms with Gasteiger partial charge in [0.1, 0.15) is 5.92 Å². The summed E-state index contributed by atoms with van der Waals surface area (Å²) in [6, 6.07) is 9.49. The SMILES string of the molecule is COC(=O)C(C(=O)NC(C)c1ccccc1)C(C)C. The van der Waals surface area contributed by atoms with Crippen molar-refractivity contribution in [1.29, 1.82) is 0 Å². The largest absolute Gasteiger partial charge is 0.468 e. The molecule has 19 heavy (non-hydrogen) atoms. The summed E-state index contributed by atoms with van der Waals surface area (Å²) in [6.45, 7) is 5.55. The second-order valence-corrected chi connectivity index (χ2v) is 4.89. The number of benzene rings is 1. The van der Waals surface area contributed by atoms with Gasteiger partial charge in [0.25, 0.3) is 0 Å². The second kappa shape index (κ2) is 6.92. The first-order chi connectivity index (χ1) is 8.97. The summed E-state index contributed by atoms with van der Waals surface area (Å²) in [5.41, 5.74) is 1.00. The van der Waals surface area contributed by atoms with Gasteiger partial charge in [-0.3, -0.25) is 9.59 Å². The molecular formula is C15H21NO3. The fourth-order valence-corrected chi connectivity index (χ4v) is 1.94. The Balaban J connectivity index is 2.75. The van der Waals surface area contributed by atoms with Gasteiger partial charge in [-0.25, -0.2) is 0 Å². The van der Waals surface area contributed by atoms with Crippen molar-refractivity contribution < 1.29 is 14.3 Å². The molecule has 1 aromatic carbocycles. The van der Waals surface area contributed by atoms with E-state index < -0.39 is 11.9 Å². The van der Waals surface area contributed by atoms with Gasteiger partial charge in [0, 0.05) is 0 Å². The Morgan fingerprint density at radius 1 is 1.11 bits per heavy atom. The number of nitrogens with one attached hydrogen (secondary N) is 1. The lowest BCUT2D eigenvalue weighted by Crippen LogP contribution is -2.40. The molecule has 1 amide bonds. The molecule has 1 N–H and O–H groups in total. The summed E-state index contributed by atoms with van der Waals surface area (Å²) in [4.78, 5) is 23.8. The summed E-state index contributed by atoms with van der Waals surface area (Å²) in [5.74, 6) is -1.66. The molecule has 0 heterocycles. The summed E-state index contributed by atoms with van der Waals surface area (Å²) >= 11 is 0. The van der Waals surface area contributed by atoms with E-state index in [9.17, 15) is 9.59 Å². The summed E-state index contributed by atoms with van der Waals surface area (Å²) < 4.78 is 4.68. The second-order valence-electron chi connectivity index (χ2n) is 4.89. The Bertz CT molecular complexity index is 428. The number of esters is 1. The number of amides is 1. The number of rotatable bonds is 5. The molecule has 0 saturated heterocycles. The van der Waals surface area contributed by atoms with Gasteiger partial charge in [-0.1, -0.05) is 44.2 Å². The first kappa shape index (κ1) is 15.2. The van der Waals surface area contributed by atoms with Gasteiger partial charge < -0.3 is 10.1 Å². The highest BCUT2D eigenvalue weighted by atomic mass is 16.5. The Hall–Kier alpha value is -1.84. The fraction of sp³-hybridized carbons (Fsp3) is 0.467. The lowest BCUT2D eigenvalue weighted by molar-refractivity contribution is -0.152. The van der Waals surface area contributed by atoms with Crippen molar-refractivity contribution in [3.8, 4) is 0 Å². The molecule has 2 atom stereocenters. The third-order valence-corrected chi connectivity index (χ3v) is 3.06. The van der Waals surface area contributed by atoms with Crippen molar-refractivity contribution in [2.24, 2.45) is 11.8 Å². The molecule has 0 aliphatic heterocycles. The highest BCUT2D eigenvalue weighted by Crippen LogP contribution is 2.17. The van der Waals surface area contributed by atoms with Crippen LogP contribution in [0, 0.1) is 11.8 Å². The van der Waals surface area contributed by atoms with Crippen LogP contribution in [0.5, 0.6) is 0 Å². The van der Waals surface area contributed by atoms with Crippen LogP contribution in [-0.4, -0.2) is 19.0 Å². The number of hydrogen-bond donors (Lipinski definition) is 1. The lowest BCUT2D eigenvalue weighted by atomic mass is 9.94. The number of carbonyl (C=O) groups excluding carboxylic acids is 2. The summed E-state index contributed by atoms with van der Waals surface area (Å²) in [6.07, 6.45) is 0. The zero-order valence-electron chi connectivity index (χ0n) is 11.8. The van der Waals surface area contributed by atoms with Gasteiger partial charge in [0.05, 0.1) is 13.2 Å². The average molecular weight is 263 g/mol. The normalized spacial score (nSPS) is 13.7. The molecule has 4 nitrogen and oxygen atoms in total. The van der Waals surface area contributed by atoms with Crippen LogP contribution in [0.4, 0.5) is 0 Å². The third kappa shape index (κ3) is 4.09. The monoisotopic (exact) mass is 263 g/mol. The fourth-order valence-electron chi connectivity index (χ4n) is 1.94. The molecule has 0 aliphatic rings. The Morgan fingerprint density at radius 3 is 2.16 bits per heavy atom. The third-order valence-electron chi connectivity index (χ3n) is 3.06. The minimum Gasteiger partial charge on any atom is -0.468 e. The Labute approximate surface area is 114 Å². The molecule has 0 fully saturated rings. The van der Waals surface area contributed by atoms with Gasteiger partial charge >= 0.3 is 5.97 Å². The van der Waals surface area contributed by atoms with Crippen LogP contribution in [0.3, 0.4) is 0 Å². The maximum atomic E-state index is 12.2. The van der Waals surface area contributed by atoms with Crippen molar-refractivity contribution in [3.63, 3.8) is 0 Å². The zero-order valence-corrected chi connectivity index (χ0v) is 11.8. The van der Waals surface area contributed by atoms with Crippen LogP contribution in [0.2, 0.25) is 0 Å². The quantitative estimate of drug-likeness (QED) is 0.655. The van der Waals surface area contributed by atoms with Crippen LogP contribution in [-0.2, 0) is 14.3 Å². The molecule has 2 unspecified atom stereocenters. The van der Waals surface area contributed by atoms with Crippen molar-refractivity contribution in [2.75, 3.05) is 7.11 Å². The van der Waals surface area contributed by atoms with E-state index in [1.165, 1.54) is 7.11 Å². The van der Waals surface area contributed by atoms with Gasteiger partial charge in [-0.2, -0.15) is 0 Å². The smallest absolute Gasteiger partial charge is 0.318 e. The van der Waals surface area contributed by atoms with E-state index in [1.54, 1.807) is 0 Å². The molecule has 0 bridgehead atoms. The number of carbonyl (C=O) groups is 2. The van der Waals surface area contributed by atoms with Crippen LogP contribution >= 0.6 is 0 Å². The van der Waals surface area contributed by atoms with Crippen molar-refractivity contribution in [1.82, 2.24) is 5.32 Å². The topological polar surface area (TPSA) is 55.4 Å². The van der Waals surface area contributed by atoms with Crippen molar-refractivity contribution in [2.45, 2.75) is 26.8 Å². The highest BCUT2D eigenvalue weighted by molar-refractivity contribution is 5.98. The number of ether oxygens (including phenoxy) is 1. The standard InChI is InChI=1S/C15H21NO3/c1-10(2)13(15(18)19-4)14(17)16-11(3)12-8-6-5-7-9-12/h5-11,13H,1-4H3,(H,16,17). The van der Waals surface area contributed by atoms with Gasteiger partial charge in [-0.05, 0) is 18.4 Å². The van der Waals surface area contributed by atoms with Crippen LogP contribution in [0.25, 0.3) is 0 Å². The molecule has 0 radical (unpaired) electrons. The molecule has 0 spiro atoms. The van der Waals surface area contributed by atoms with E-state index in [0.29, 0.717) is 0 Å². The molecule has 1 aromatic rings. The zero-order chi connectivity index (χ0) is 14.4. The molecule has 104 valence electrons. The molecule has 4 heteroatoms. The van der Waals surface area contributed by atoms with E-state index in [4.69, 9.17) is 0 Å². The maximum absolute atomic E-state index is 12.2. The summed E-state index contributed by atoms with van der Waals surface area (Å²) in [7, 11) is 1.30. The van der Waals surface area contributed by atoms with E-state index in [2.05, 4.69) is 10.1 Å². The summed E-state index contributed by atoms with van der Waals surface area (Å²) in [5, 5.41) is 2.85. The van der Waals surface area contributed by atoms with Crippen molar-refractivity contribution in [3.05, 3.63) is 35.9 Å². The average Bonchev–Trinajstić information content (AvgIpc) is 2.39. The predicted molar refractivity (Wildman–Crippen MR) is 73.3 cm³/mol. The lowest BCUT2D eigenvalue weighted by Gasteiger charge is -2.21. The van der Waals surface area contributed by atoms with Crippen LogP contribution in [0.15, 0.2) is 30.3 Å². The molecule has 0 saturated carbocycles. The first-order valence-corrected chi connectivity index (χ1v) is 6.40. The van der Waals surface area contributed by atoms with Crippen molar-refractivity contribution >= 4 is 11.9 Å². The van der Waals surface area contributed by atoms with Gasteiger partial charge in [-0.15, -0.1) is 0 Å². The van der Waals surface area contributed by atoms with Crippen LogP contribution in [0.1, 0.15) is 32.4 Å². The number of methoxy groups -OCH3 is 1. The molecular weight excluding hydrogens is 242 g/mol. The van der Waals surface area contributed by atoms with E-state index in [0.717, 1.165) is 5.56 Å². The molecule has 1 rings (SSSR count). The van der Waals surface area contributed by atoms with Crippen LogP contribution < -0.4 is 5.32 Å². The highest BCUT2D eigenvalue weighted by Gasteiger charge is 2.31.